The summed E-state index contributed by atoms with van der Waals surface area (Å²) < 4.78 is 7.05. The standard InChI is InChI=1S/C15H19NOS/c1-3-4-9-17-11-13-12-7-5-6-8-14(12)18-15(13)10-16-2/h3-8,16H,9-11H2,1-2H3. The fraction of sp³-hybridized carbons (Fsp3) is 0.333. The first-order chi connectivity index (χ1) is 8.86. The highest BCUT2D eigenvalue weighted by molar-refractivity contribution is 7.19. The van der Waals surface area contributed by atoms with E-state index in [9.17, 15) is 0 Å². The van der Waals surface area contributed by atoms with Crippen LogP contribution in [0.3, 0.4) is 0 Å². The van der Waals surface area contributed by atoms with Crippen molar-refractivity contribution in [1.82, 2.24) is 5.32 Å². The molecule has 1 aromatic carbocycles. The molecule has 0 unspecified atom stereocenters. The van der Waals surface area contributed by atoms with Gasteiger partial charge < -0.3 is 10.1 Å². The van der Waals surface area contributed by atoms with E-state index >= 15 is 0 Å². The Morgan fingerprint density at radius 1 is 1.33 bits per heavy atom. The van der Waals surface area contributed by atoms with Crippen LogP contribution < -0.4 is 5.32 Å². The molecule has 1 N–H and O–H groups in total. The van der Waals surface area contributed by atoms with Gasteiger partial charge in [0.2, 0.25) is 0 Å². The first-order valence-corrected chi connectivity index (χ1v) is 7.01. The van der Waals surface area contributed by atoms with E-state index in [4.69, 9.17) is 4.74 Å². The fourth-order valence-corrected chi connectivity index (χ4v) is 3.16. The maximum Gasteiger partial charge on any atom is 0.0738 e. The van der Waals surface area contributed by atoms with Gasteiger partial charge >= 0.3 is 0 Å². The maximum absolute atomic E-state index is 5.71. The first-order valence-electron chi connectivity index (χ1n) is 6.19. The van der Waals surface area contributed by atoms with Crippen LogP contribution in [0, 0.1) is 0 Å². The van der Waals surface area contributed by atoms with Crippen molar-refractivity contribution in [3.8, 4) is 0 Å². The van der Waals surface area contributed by atoms with Crippen LogP contribution in [0.4, 0.5) is 0 Å². The van der Waals surface area contributed by atoms with Crippen LogP contribution in [-0.2, 0) is 17.9 Å². The molecule has 0 bridgehead atoms. The lowest BCUT2D eigenvalue weighted by molar-refractivity contribution is 0.149. The van der Waals surface area contributed by atoms with Crippen LogP contribution in [0.15, 0.2) is 36.4 Å². The molecule has 3 heteroatoms. The molecule has 2 rings (SSSR count). The Balaban J connectivity index is 2.24. The summed E-state index contributed by atoms with van der Waals surface area (Å²) in [4.78, 5) is 1.37. The van der Waals surface area contributed by atoms with Gasteiger partial charge in [0.1, 0.15) is 0 Å². The maximum atomic E-state index is 5.71. The van der Waals surface area contributed by atoms with Crippen molar-refractivity contribution in [3.05, 3.63) is 46.9 Å². The van der Waals surface area contributed by atoms with Gasteiger partial charge in [-0.1, -0.05) is 30.4 Å². The van der Waals surface area contributed by atoms with Gasteiger partial charge in [0.05, 0.1) is 13.2 Å². The molecule has 1 aromatic heterocycles. The van der Waals surface area contributed by atoms with Crippen LogP contribution in [0.2, 0.25) is 0 Å². The number of fused-ring (bicyclic) bond motifs is 1. The van der Waals surface area contributed by atoms with Crippen LogP contribution in [0.5, 0.6) is 0 Å². The average Bonchev–Trinajstić information content (AvgIpc) is 2.73. The number of thiophene rings is 1. The van der Waals surface area contributed by atoms with Gasteiger partial charge in [-0.3, -0.25) is 0 Å². The van der Waals surface area contributed by atoms with Gasteiger partial charge in [-0.25, -0.2) is 0 Å². The lowest BCUT2D eigenvalue weighted by atomic mass is 10.1. The lowest BCUT2D eigenvalue weighted by Crippen LogP contribution is -2.06. The van der Waals surface area contributed by atoms with Crippen molar-refractivity contribution in [2.45, 2.75) is 20.1 Å². The van der Waals surface area contributed by atoms with Crippen molar-refractivity contribution in [2.24, 2.45) is 0 Å². The highest BCUT2D eigenvalue weighted by atomic mass is 32.1. The van der Waals surface area contributed by atoms with E-state index in [1.165, 1.54) is 20.5 Å². The molecule has 18 heavy (non-hydrogen) atoms. The van der Waals surface area contributed by atoms with Gasteiger partial charge in [0.15, 0.2) is 0 Å². The number of hydrogen-bond acceptors (Lipinski definition) is 3. The second-order valence-corrected chi connectivity index (χ2v) is 5.25. The van der Waals surface area contributed by atoms with E-state index in [2.05, 4.69) is 29.6 Å². The molecule has 0 aliphatic carbocycles. The molecule has 1 heterocycles. The quantitative estimate of drug-likeness (QED) is 0.632. The second-order valence-electron chi connectivity index (χ2n) is 4.11. The first kappa shape index (κ1) is 13.3. The van der Waals surface area contributed by atoms with E-state index in [1.807, 2.05) is 37.5 Å². The third-order valence-corrected chi connectivity index (χ3v) is 4.03. The molecule has 2 nitrogen and oxygen atoms in total. The van der Waals surface area contributed by atoms with Gasteiger partial charge in [-0.2, -0.15) is 0 Å². The highest BCUT2D eigenvalue weighted by Crippen LogP contribution is 2.31. The van der Waals surface area contributed by atoms with Crippen LogP contribution in [0.25, 0.3) is 10.1 Å². The molecule has 0 aliphatic rings. The monoisotopic (exact) mass is 261 g/mol. The topological polar surface area (TPSA) is 21.3 Å². The van der Waals surface area contributed by atoms with Gasteiger partial charge in [0.25, 0.3) is 0 Å². The molecule has 2 aromatic rings. The summed E-state index contributed by atoms with van der Waals surface area (Å²) in [5, 5.41) is 4.55. The van der Waals surface area contributed by atoms with E-state index < -0.39 is 0 Å². The van der Waals surface area contributed by atoms with Crippen LogP contribution >= 0.6 is 11.3 Å². The lowest BCUT2D eigenvalue weighted by Gasteiger charge is -2.04. The Morgan fingerprint density at radius 2 is 2.17 bits per heavy atom. The summed E-state index contributed by atoms with van der Waals surface area (Å²) in [5.74, 6) is 0. The number of nitrogens with one attached hydrogen (secondary N) is 1. The normalized spacial score (nSPS) is 11.7. The van der Waals surface area contributed by atoms with Gasteiger partial charge in [-0.15, -0.1) is 11.3 Å². The van der Waals surface area contributed by atoms with Crippen LogP contribution in [0.1, 0.15) is 17.4 Å². The number of hydrogen-bond donors (Lipinski definition) is 1. The number of benzene rings is 1. The molecular weight excluding hydrogens is 242 g/mol. The van der Waals surface area contributed by atoms with E-state index in [0.717, 1.165) is 6.54 Å². The molecule has 0 spiro atoms. The van der Waals surface area contributed by atoms with Crippen molar-refractivity contribution in [2.75, 3.05) is 13.7 Å². The zero-order chi connectivity index (χ0) is 12.8. The number of allylic oxidation sites excluding steroid dienone is 1. The molecule has 0 aliphatic heterocycles. The smallest absolute Gasteiger partial charge is 0.0738 e. The Kier molecular flexibility index (Phi) is 4.93. The average molecular weight is 261 g/mol. The predicted molar refractivity (Wildman–Crippen MR) is 79.1 cm³/mol. The summed E-state index contributed by atoms with van der Waals surface area (Å²) in [6.45, 7) is 4.28. The molecule has 0 radical (unpaired) electrons. The fourth-order valence-electron chi connectivity index (χ4n) is 1.94. The number of ether oxygens (including phenoxy) is 1. The SMILES string of the molecule is CC=CCOCc1c(CNC)sc2ccccc12. The summed E-state index contributed by atoms with van der Waals surface area (Å²) in [5.41, 5.74) is 1.33. The molecule has 0 atom stereocenters. The van der Waals surface area contributed by atoms with Gasteiger partial charge in [-0.05, 0) is 25.4 Å². The molecular formula is C15H19NOS. The molecule has 0 amide bonds. The third kappa shape index (κ3) is 2.99. The molecule has 96 valence electrons. The van der Waals surface area contributed by atoms with E-state index in [-0.39, 0.29) is 0 Å². The molecule has 0 saturated carbocycles. The summed E-state index contributed by atoms with van der Waals surface area (Å²) in [7, 11) is 1.98. The summed E-state index contributed by atoms with van der Waals surface area (Å²) in [6, 6.07) is 8.54. The molecule has 0 saturated heterocycles. The third-order valence-electron chi connectivity index (χ3n) is 2.82. The Bertz CT molecular complexity index is 530. The number of rotatable bonds is 6. The minimum absolute atomic E-state index is 0.680. The predicted octanol–water partition coefficient (Wildman–Crippen LogP) is 3.71. The van der Waals surface area contributed by atoms with Gasteiger partial charge in [0, 0.05) is 21.7 Å². The Morgan fingerprint density at radius 3 is 2.94 bits per heavy atom. The zero-order valence-corrected chi connectivity index (χ0v) is 11.7. The Hall–Kier alpha value is -1.16. The molecule has 0 fully saturated rings. The van der Waals surface area contributed by atoms with E-state index in [1.54, 1.807) is 0 Å². The minimum Gasteiger partial charge on any atom is -0.373 e. The van der Waals surface area contributed by atoms with E-state index in [0.29, 0.717) is 13.2 Å². The second kappa shape index (κ2) is 6.69. The van der Waals surface area contributed by atoms with Crippen molar-refractivity contribution < 1.29 is 4.74 Å². The summed E-state index contributed by atoms with van der Waals surface area (Å²) >= 11 is 1.85. The zero-order valence-electron chi connectivity index (χ0n) is 10.9. The highest BCUT2D eigenvalue weighted by Gasteiger charge is 2.10. The summed E-state index contributed by atoms with van der Waals surface area (Å²) in [6.07, 6.45) is 4.05. The van der Waals surface area contributed by atoms with Crippen molar-refractivity contribution in [3.63, 3.8) is 0 Å². The van der Waals surface area contributed by atoms with Crippen molar-refractivity contribution in [1.29, 1.82) is 0 Å². The van der Waals surface area contributed by atoms with Crippen molar-refractivity contribution >= 4 is 21.4 Å². The van der Waals surface area contributed by atoms with Crippen LogP contribution in [-0.4, -0.2) is 13.7 Å². The largest absolute Gasteiger partial charge is 0.373 e. The minimum atomic E-state index is 0.680. The Labute approximate surface area is 112 Å².